The van der Waals surface area contributed by atoms with Crippen LogP contribution < -0.4 is 10.6 Å². The number of amides is 2. The Bertz CT molecular complexity index is 751. The average Bonchev–Trinajstić information content (AvgIpc) is 3.16. The van der Waals surface area contributed by atoms with Gasteiger partial charge in [0.05, 0.1) is 17.1 Å². The summed E-state index contributed by atoms with van der Waals surface area (Å²) >= 11 is 1.39. The number of thiophene rings is 1. The molecule has 0 spiro atoms. The molecule has 2 unspecified atom stereocenters. The zero-order chi connectivity index (χ0) is 19.2. The molecule has 1 aromatic heterocycles. The van der Waals surface area contributed by atoms with Crippen molar-refractivity contribution in [1.29, 1.82) is 0 Å². The molecule has 1 aromatic carbocycles. The highest BCUT2D eigenvalue weighted by molar-refractivity contribution is 7.12. The second-order valence-corrected chi connectivity index (χ2v) is 7.73. The number of nitrogens with one attached hydrogen (secondary N) is 2. The highest BCUT2D eigenvalue weighted by Gasteiger charge is 2.21. The first-order chi connectivity index (χ1) is 13.0. The van der Waals surface area contributed by atoms with Crippen molar-refractivity contribution in [3.63, 3.8) is 0 Å². The Kier molecular flexibility index (Phi) is 6.60. The van der Waals surface area contributed by atoms with Crippen molar-refractivity contribution in [1.82, 2.24) is 10.2 Å². The minimum atomic E-state index is -0.142. The third kappa shape index (κ3) is 5.63. The Labute approximate surface area is 163 Å². The summed E-state index contributed by atoms with van der Waals surface area (Å²) < 4.78 is 5.72. The van der Waals surface area contributed by atoms with Gasteiger partial charge < -0.3 is 15.4 Å². The average molecular weight is 388 g/mol. The van der Waals surface area contributed by atoms with Crippen LogP contribution in [0.25, 0.3) is 0 Å². The van der Waals surface area contributed by atoms with Crippen LogP contribution in [0.3, 0.4) is 0 Å². The van der Waals surface area contributed by atoms with E-state index in [1.54, 1.807) is 30.3 Å². The van der Waals surface area contributed by atoms with E-state index < -0.39 is 0 Å². The van der Waals surface area contributed by atoms with E-state index in [4.69, 9.17) is 4.74 Å². The highest BCUT2D eigenvalue weighted by atomic mass is 32.1. The molecule has 2 atom stereocenters. The van der Waals surface area contributed by atoms with Gasteiger partial charge in [-0.05, 0) is 49.6 Å². The number of hydrogen-bond acceptors (Lipinski definition) is 5. The number of rotatable bonds is 6. The van der Waals surface area contributed by atoms with Crippen LogP contribution in [0.1, 0.15) is 33.9 Å². The van der Waals surface area contributed by atoms with Crippen molar-refractivity contribution in [2.45, 2.75) is 26.1 Å². The monoisotopic (exact) mass is 387 g/mol. The van der Waals surface area contributed by atoms with Gasteiger partial charge >= 0.3 is 0 Å². The Balaban J connectivity index is 1.45. The zero-order valence-electron chi connectivity index (χ0n) is 15.6. The third-order valence-corrected chi connectivity index (χ3v) is 5.23. The fourth-order valence-corrected chi connectivity index (χ4v) is 3.82. The van der Waals surface area contributed by atoms with Crippen LogP contribution in [0, 0.1) is 0 Å². The van der Waals surface area contributed by atoms with Gasteiger partial charge in [-0.1, -0.05) is 6.07 Å². The number of ether oxygens (including phenoxy) is 1. The van der Waals surface area contributed by atoms with E-state index in [0.29, 0.717) is 22.7 Å². The number of hydrogen-bond donors (Lipinski definition) is 2. The molecule has 2 amide bonds. The van der Waals surface area contributed by atoms with Gasteiger partial charge in [-0.3, -0.25) is 14.5 Å². The summed E-state index contributed by atoms with van der Waals surface area (Å²) in [4.78, 5) is 27.3. The lowest BCUT2D eigenvalue weighted by molar-refractivity contribution is -0.0672. The van der Waals surface area contributed by atoms with Crippen molar-refractivity contribution >= 4 is 28.8 Å². The van der Waals surface area contributed by atoms with E-state index in [0.717, 1.165) is 19.6 Å². The minimum absolute atomic E-state index is 0.111. The lowest BCUT2D eigenvalue weighted by atomic mass is 10.2. The minimum Gasteiger partial charge on any atom is -0.373 e. The molecule has 0 saturated carbocycles. The molecule has 1 saturated heterocycles. The molecule has 1 aliphatic rings. The molecule has 2 N–H and O–H groups in total. The molecule has 2 heterocycles. The van der Waals surface area contributed by atoms with Crippen LogP contribution in [-0.4, -0.2) is 55.1 Å². The fraction of sp³-hybridized carbons (Fsp3) is 0.400. The molecule has 1 aliphatic heterocycles. The van der Waals surface area contributed by atoms with Gasteiger partial charge in [0.2, 0.25) is 0 Å². The smallest absolute Gasteiger partial charge is 0.265 e. The molecule has 6 nitrogen and oxygen atoms in total. The molecule has 27 heavy (non-hydrogen) atoms. The molecule has 3 rings (SSSR count). The fourth-order valence-electron chi connectivity index (χ4n) is 3.20. The summed E-state index contributed by atoms with van der Waals surface area (Å²) in [5.41, 5.74) is 1.24. The largest absolute Gasteiger partial charge is 0.373 e. The third-order valence-electron chi connectivity index (χ3n) is 4.36. The van der Waals surface area contributed by atoms with Crippen LogP contribution in [0.2, 0.25) is 0 Å². The second kappa shape index (κ2) is 9.12. The molecular formula is C20H25N3O3S. The van der Waals surface area contributed by atoms with Gasteiger partial charge in [0.1, 0.15) is 0 Å². The Morgan fingerprint density at radius 2 is 1.81 bits per heavy atom. The van der Waals surface area contributed by atoms with Crippen LogP contribution in [0.15, 0.2) is 41.8 Å². The van der Waals surface area contributed by atoms with Crippen molar-refractivity contribution in [2.24, 2.45) is 0 Å². The van der Waals surface area contributed by atoms with Crippen LogP contribution in [0.4, 0.5) is 5.69 Å². The highest BCUT2D eigenvalue weighted by Crippen LogP contribution is 2.14. The summed E-state index contributed by atoms with van der Waals surface area (Å²) in [6.07, 6.45) is 0.447. The van der Waals surface area contributed by atoms with Gasteiger partial charge in [-0.15, -0.1) is 11.3 Å². The quantitative estimate of drug-likeness (QED) is 0.800. The van der Waals surface area contributed by atoms with Gasteiger partial charge in [-0.2, -0.15) is 0 Å². The summed E-state index contributed by atoms with van der Waals surface area (Å²) in [7, 11) is 0. The molecule has 0 aliphatic carbocycles. The van der Waals surface area contributed by atoms with Gasteiger partial charge in [-0.25, -0.2) is 0 Å². The lowest BCUT2D eigenvalue weighted by Gasteiger charge is -2.35. The molecule has 7 heteroatoms. The van der Waals surface area contributed by atoms with Crippen LogP contribution in [0.5, 0.6) is 0 Å². The SMILES string of the molecule is CC1CN(CCNC(=O)c2ccc(NC(=O)c3cccs3)cc2)CC(C)O1. The Morgan fingerprint density at radius 1 is 1.11 bits per heavy atom. The first-order valence-electron chi connectivity index (χ1n) is 9.12. The van der Waals surface area contributed by atoms with Crippen LogP contribution in [-0.2, 0) is 4.74 Å². The predicted molar refractivity (Wildman–Crippen MR) is 107 cm³/mol. The number of morpholine rings is 1. The second-order valence-electron chi connectivity index (χ2n) is 6.78. The van der Waals surface area contributed by atoms with Gasteiger partial charge in [0, 0.05) is 37.4 Å². The van der Waals surface area contributed by atoms with Gasteiger partial charge in [0.15, 0.2) is 0 Å². The maximum atomic E-state index is 12.3. The van der Waals surface area contributed by atoms with E-state index >= 15 is 0 Å². The number of nitrogens with zero attached hydrogens (tertiary/aromatic N) is 1. The Hall–Kier alpha value is -2.22. The normalized spacial score (nSPS) is 20.2. The summed E-state index contributed by atoms with van der Waals surface area (Å²) in [5.74, 6) is -0.253. The zero-order valence-corrected chi connectivity index (χ0v) is 16.4. The maximum absolute atomic E-state index is 12.3. The number of carbonyl (C=O) groups excluding carboxylic acids is 2. The maximum Gasteiger partial charge on any atom is 0.265 e. The lowest BCUT2D eigenvalue weighted by Crippen LogP contribution is -2.47. The van der Waals surface area contributed by atoms with E-state index in [1.165, 1.54) is 11.3 Å². The topological polar surface area (TPSA) is 70.7 Å². The summed E-state index contributed by atoms with van der Waals surface area (Å²) in [5, 5.41) is 7.64. The number of benzene rings is 1. The van der Waals surface area contributed by atoms with E-state index in [-0.39, 0.29) is 24.0 Å². The van der Waals surface area contributed by atoms with E-state index in [1.807, 2.05) is 11.4 Å². The van der Waals surface area contributed by atoms with Crippen LogP contribution >= 0.6 is 11.3 Å². The first kappa shape index (κ1) is 19.5. The summed E-state index contributed by atoms with van der Waals surface area (Å²) in [6, 6.07) is 10.5. The Morgan fingerprint density at radius 3 is 2.44 bits per heavy atom. The molecular weight excluding hydrogens is 362 g/mol. The molecule has 0 bridgehead atoms. The van der Waals surface area contributed by atoms with E-state index in [9.17, 15) is 9.59 Å². The molecule has 1 fully saturated rings. The van der Waals surface area contributed by atoms with Crippen molar-refractivity contribution < 1.29 is 14.3 Å². The predicted octanol–water partition coefficient (Wildman–Crippen LogP) is 2.84. The van der Waals surface area contributed by atoms with Crippen molar-refractivity contribution in [2.75, 3.05) is 31.5 Å². The number of anilines is 1. The summed E-state index contributed by atoms with van der Waals surface area (Å²) in [6.45, 7) is 7.31. The number of carbonyl (C=O) groups is 2. The van der Waals surface area contributed by atoms with Crippen molar-refractivity contribution in [3.05, 3.63) is 52.2 Å². The first-order valence-corrected chi connectivity index (χ1v) is 10.00. The van der Waals surface area contributed by atoms with Gasteiger partial charge in [0.25, 0.3) is 11.8 Å². The molecule has 0 radical (unpaired) electrons. The van der Waals surface area contributed by atoms with Crippen molar-refractivity contribution in [3.8, 4) is 0 Å². The standard InChI is InChI=1S/C20H25N3O3S/c1-14-12-23(13-15(2)26-14)10-9-21-19(24)16-5-7-17(8-6-16)22-20(25)18-4-3-11-27-18/h3-8,11,14-15H,9-10,12-13H2,1-2H3,(H,21,24)(H,22,25). The molecule has 2 aromatic rings. The van der Waals surface area contributed by atoms with E-state index in [2.05, 4.69) is 29.4 Å². The molecule has 144 valence electrons.